The van der Waals surface area contributed by atoms with Gasteiger partial charge in [-0.2, -0.15) is 0 Å². The van der Waals surface area contributed by atoms with Crippen LogP contribution < -0.4 is 0 Å². The first-order chi connectivity index (χ1) is 6.63. The van der Waals surface area contributed by atoms with Crippen molar-refractivity contribution in [1.82, 2.24) is 0 Å². The molecule has 0 saturated carbocycles. The second-order valence-corrected chi connectivity index (χ2v) is 3.94. The standard InChI is InChI=1S/C12H18.C2H6.CH4/c1-9(2)11-7-5-6-8-12(11)10(3)4;1-2;/h5-10H,1-4H3;1-2H3;1H4. The molecule has 0 aromatic heterocycles. The third-order valence-electron chi connectivity index (χ3n) is 2.24. The molecule has 0 aliphatic rings. The lowest BCUT2D eigenvalue weighted by Crippen LogP contribution is -1.97. The van der Waals surface area contributed by atoms with Crippen molar-refractivity contribution in [3.63, 3.8) is 0 Å². The lowest BCUT2D eigenvalue weighted by molar-refractivity contribution is 0.790. The van der Waals surface area contributed by atoms with Crippen LogP contribution in [0.2, 0.25) is 0 Å². The second kappa shape index (κ2) is 8.52. The Labute approximate surface area is 96.7 Å². The van der Waals surface area contributed by atoms with E-state index in [4.69, 9.17) is 0 Å². The maximum atomic E-state index is 2.25. The summed E-state index contributed by atoms with van der Waals surface area (Å²) in [5, 5.41) is 0. The minimum atomic E-state index is 0. The molecule has 1 aromatic carbocycles. The van der Waals surface area contributed by atoms with Crippen LogP contribution in [0.3, 0.4) is 0 Å². The smallest absolute Gasteiger partial charge is 0.0216 e. The van der Waals surface area contributed by atoms with E-state index >= 15 is 0 Å². The molecule has 0 aliphatic carbocycles. The molecule has 0 spiro atoms. The molecule has 0 heterocycles. The van der Waals surface area contributed by atoms with E-state index in [1.165, 1.54) is 11.1 Å². The fraction of sp³-hybridized carbons (Fsp3) is 0.600. The molecule has 0 unspecified atom stereocenters. The second-order valence-electron chi connectivity index (χ2n) is 3.94. The van der Waals surface area contributed by atoms with Crippen LogP contribution in [0.25, 0.3) is 0 Å². The highest BCUT2D eigenvalue weighted by Gasteiger charge is 2.07. The van der Waals surface area contributed by atoms with Crippen LogP contribution in [0.15, 0.2) is 24.3 Å². The van der Waals surface area contributed by atoms with Crippen molar-refractivity contribution in [1.29, 1.82) is 0 Å². The predicted octanol–water partition coefficient (Wildman–Crippen LogP) is 5.60. The van der Waals surface area contributed by atoms with Gasteiger partial charge in [0.2, 0.25) is 0 Å². The van der Waals surface area contributed by atoms with Gasteiger partial charge in [-0.15, -0.1) is 0 Å². The fourth-order valence-electron chi connectivity index (χ4n) is 1.56. The molecule has 15 heavy (non-hydrogen) atoms. The van der Waals surface area contributed by atoms with Crippen molar-refractivity contribution < 1.29 is 0 Å². The van der Waals surface area contributed by atoms with Crippen molar-refractivity contribution in [3.8, 4) is 0 Å². The molecule has 0 fully saturated rings. The molecule has 0 radical (unpaired) electrons. The van der Waals surface area contributed by atoms with Gasteiger partial charge in [-0.05, 0) is 23.0 Å². The van der Waals surface area contributed by atoms with Gasteiger partial charge in [-0.3, -0.25) is 0 Å². The van der Waals surface area contributed by atoms with Crippen LogP contribution in [-0.2, 0) is 0 Å². The van der Waals surface area contributed by atoms with E-state index < -0.39 is 0 Å². The first-order valence-electron chi connectivity index (χ1n) is 5.71. The Bertz CT molecular complexity index is 219. The largest absolute Gasteiger partial charge is 0.0776 e. The Morgan fingerprint density at radius 2 is 1.00 bits per heavy atom. The quantitative estimate of drug-likeness (QED) is 0.594. The third-order valence-corrected chi connectivity index (χ3v) is 2.24. The van der Waals surface area contributed by atoms with E-state index in [1.807, 2.05) is 13.8 Å². The molecule has 1 aromatic rings. The summed E-state index contributed by atoms with van der Waals surface area (Å²) < 4.78 is 0. The van der Waals surface area contributed by atoms with Gasteiger partial charge < -0.3 is 0 Å². The zero-order valence-corrected chi connectivity index (χ0v) is 10.5. The molecule has 0 saturated heterocycles. The lowest BCUT2D eigenvalue weighted by Gasteiger charge is -2.14. The Morgan fingerprint density at radius 1 is 0.733 bits per heavy atom. The highest BCUT2D eigenvalue weighted by molar-refractivity contribution is 5.31. The monoisotopic (exact) mass is 208 g/mol. The van der Waals surface area contributed by atoms with Crippen LogP contribution in [-0.4, -0.2) is 0 Å². The number of benzene rings is 1. The average molecular weight is 208 g/mol. The fourth-order valence-corrected chi connectivity index (χ4v) is 1.56. The minimum absolute atomic E-state index is 0. The van der Waals surface area contributed by atoms with Crippen molar-refractivity contribution in [3.05, 3.63) is 35.4 Å². The molecule has 0 atom stereocenters. The zero-order chi connectivity index (χ0) is 11.1. The topological polar surface area (TPSA) is 0 Å². The van der Waals surface area contributed by atoms with Gasteiger partial charge in [0.05, 0.1) is 0 Å². The molecule has 0 nitrogen and oxygen atoms in total. The molecule has 0 heteroatoms. The molecule has 1 rings (SSSR count). The molecule has 88 valence electrons. The molecular weight excluding hydrogens is 180 g/mol. The van der Waals surface area contributed by atoms with Gasteiger partial charge in [-0.1, -0.05) is 73.2 Å². The maximum absolute atomic E-state index is 2.25. The van der Waals surface area contributed by atoms with Crippen molar-refractivity contribution in [2.45, 2.75) is 60.8 Å². The van der Waals surface area contributed by atoms with Crippen LogP contribution >= 0.6 is 0 Å². The molecule has 0 bridgehead atoms. The number of hydrogen-bond acceptors (Lipinski definition) is 0. The summed E-state index contributed by atoms with van der Waals surface area (Å²) in [6.07, 6.45) is 0. The summed E-state index contributed by atoms with van der Waals surface area (Å²) in [6.45, 7) is 13.0. The van der Waals surface area contributed by atoms with Crippen LogP contribution in [0.5, 0.6) is 0 Å². The van der Waals surface area contributed by atoms with Gasteiger partial charge in [-0.25, -0.2) is 0 Å². The molecule has 0 amide bonds. The van der Waals surface area contributed by atoms with E-state index in [2.05, 4.69) is 52.0 Å². The summed E-state index contributed by atoms with van der Waals surface area (Å²) in [5.74, 6) is 1.28. The van der Waals surface area contributed by atoms with Crippen molar-refractivity contribution >= 4 is 0 Å². The summed E-state index contributed by atoms with van der Waals surface area (Å²) in [5.41, 5.74) is 2.99. The minimum Gasteiger partial charge on any atom is -0.0776 e. The van der Waals surface area contributed by atoms with Gasteiger partial charge in [0.25, 0.3) is 0 Å². The Balaban J connectivity index is 0. The number of hydrogen-bond donors (Lipinski definition) is 0. The van der Waals surface area contributed by atoms with E-state index in [9.17, 15) is 0 Å². The third kappa shape index (κ3) is 5.01. The maximum Gasteiger partial charge on any atom is -0.0216 e. The van der Waals surface area contributed by atoms with Crippen LogP contribution in [0, 0.1) is 0 Å². The van der Waals surface area contributed by atoms with Crippen molar-refractivity contribution in [2.75, 3.05) is 0 Å². The Kier molecular flexibility index (Phi) is 9.46. The predicted molar refractivity (Wildman–Crippen MR) is 72.7 cm³/mol. The van der Waals surface area contributed by atoms with Crippen molar-refractivity contribution in [2.24, 2.45) is 0 Å². The number of rotatable bonds is 2. The van der Waals surface area contributed by atoms with Crippen LogP contribution in [0.1, 0.15) is 71.9 Å². The Hall–Kier alpha value is -0.780. The van der Waals surface area contributed by atoms with Gasteiger partial charge in [0.15, 0.2) is 0 Å². The molecule has 0 aliphatic heterocycles. The molecule has 0 N–H and O–H groups in total. The summed E-state index contributed by atoms with van der Waals surface area (Å²) in [6, 6.07) is 8.72. The van der Waals surface area contributed by atoms with E-state index in [1.54, 1.807) is 0 Å². The Morgan fingerprint density at radius 3 is 1.20 bits per heavy atom. The average Bonchev–Trinajstić information content (AvgIpc) is 2.20. The highest BCUT2D eigenvalue weighted by Crippen LogP contribution is 2.25. The van der Waals surface area contributed by atoms with E-state index in [-0.39, 0.29) is 7.43 Å². The summed E-state index contributed by atoms with van der Waals surface area (Å²) in [7, 11) is 0. The van der Waals surface area contributed by atoms with E-state index in [0.717, 1.165) is 0 Å². The van der Waals surface area contributed by atoms with E-state index in [0.29, 0.717) is 11.8 Å². The lowest BCUT2D eigenvalue weighted by atomic mass is 9.91. The first-order valence-corrected chi connectivity index (χ1v) is 5.71. The zero-order valence-electron chi connectivity index (χ0n) is 10.5. The van der Waals surface area contributed by atoms with Crippen LogP contribution in [0.4, 0.5) is 0 Å². The first kappa shape index (κ1) is 16.6. The molecular formula is C15H28. The van der Waals surface area contributed by atoms with Gasteiger partial charge in [0.1, 0.15) is 0 Å². The normalized spacial score (nSPS) is 9.33. The highest BCUT2D eigenvalue weighted by atomic mass is 14.1. The van der Waals surface area contributed by atoms with Gasteiger partial charge >= 0.3 is 0 Å². The summed E-state index contributed by atoms with van der Waals surface area (Å²) >= 11 is 0. The summed E-state index contributed by atoms with van der Waals surface area (Å²) in [4.78, 5) is 0. The van der Waals surface area contributed by atoms with Gasteiger partial charge in [0, 0.05) is 0 Å². The SMILES string of the molecule is C.CC.CC(C)c1ccccc1C(C)C.